The number of aromatic nitrogens is 1. The van der Waals surface area contributed by atoms with Gasteiger partial charge in [0.05, 0.1) is 13.2 Å². The molecule has 3 aromatic rings. The number of nitrogens with zero attached hydrogens (tertiary/aromatic N) is 2. The van der Waals surface area contributed by atoms with Gasteiger partial charge in [-0.3, -0.25) is 4.79 Å². The van der Waals surface area contributed by atoms with Crippen LogP contribution in [0.5, 0.6) is 0 Å². The Balaban J connectivity index is 1.68. The summed E-state index contributed by atoms with van der Waals surface area (Å²) in [6.07, 6.45) is 2.05. The van der Waals surface area contributed by atoms with Gasteiger partial charge in [0.25, 0.3) is 0 Å². The molecule has 0 aliphatic carbocycles. The molecule has 31 heavy (non-hydrogen) atoms. The summed E-state index contributed by atoms with van der Waals surface area (Å²) in [7, 11) is 0. The zero-order chi connectivity index (χ0) is 22.2. The quantitative estimate of drug-likeness (QED) is 0.402. The maximum Gasteiger partial charge on any atom is 0.249 e. The number of rotatable bonds is 10. The van der Waals surface area contributed by atoms with Crippen LogP contribution >= 0.6 is 11.6 Å². The number of carbonyl (C=O) groups is 1. The fraction of sp³-hybridized carbons (Fsp3) is 0.346. The van der Waals surface area contributed by atoms with Crippen molar-refractivity contribution >= 4 is 17.5 Å². The van der Waals surface area contributed by atoms with Crippen LogP contribution in [0.2, 0.25) is 5.02 Å². The smallest absolute Gasteiger partial charge is 0.249 e. The number of carbonyl (C=O) groups excluding carboxylic acids is 1. The molecule has 0 aliphatic rings. The minimum absolute atomic E-state index is 0.00707. The van der Waals surface area contributed by atoms with Gasteiger partial charge in [0.2, 0.25) is 5.91 Å². The lowest BCUT2D eigenvalue weighted by molar-refractivity contribution is -0.140. The van der Waals surface area contributed by atoms with Gasteiger partial charge in [-0.15, -0.1) is 0 Å². The first kappa shape index (κ1) is 23.1. The van der Waals surface area contributed by atoms with E-state index in [0.29, 0.717) is 25.6 Å². The third kappa shape index (κ3) is 6.71. The standard InChI is InChI=1S/C26H31ClN2O2/c1-20(2)21(3)29(26(30)19-31-18-22-9-5-4-6-10-22)17-25-13-8-14-28(25)16-23-11-7-12-24(27)15-23/h4-15,20-21H,16-19H2,1-3H3. The van der Waals surface area contributed by atoms with Crippen LogP contribution < -0.4 is 0 Å². The van der Waals surface area contributed by atoms with Gasteiger partial charge in [0, 0.05) is 29.5 Å². The lowest BCUT2D eigenvalue weighted by Crippen LogP contribution is -2.43. The maximum absolute atomic E-state index is 13.1. The molecule has 1 aromatic heterocycles. The number of halogens is 1. The van der Waals surface area contributed by atoms with Gasteiger partial charge in [-0.1, -0.05) is 67.9 Å². The monoisotopic (exact) mass is 438 g/mol. The Kier molecular flexibility index (Phi) is 8.33. The molecule has 0 saturated carbocycles. The molecular weight excluding hydrogens is 408 g/mol. The minimum Gasteiger partial charge on any atom is -0.367 e. The predicted octanol–water partition coefficient (Wildman–Crippen LogP) is 5.78. The summed E-state index contributed by atoms with van der Waals surface area (Å²) in [6.45, 7) is 8.14. The van der Waals surface area contributed by atoms with Crippen molar-refractivity contribution in [2.75, 3.05) is 6.61 Å². The molecule has 2 aromatic carbocycles. The summed E-state index contributed by atoms with van der Waals surface area (Å²) in [5.41, 5.74) is 3.28. The van der Waals surface area contributed by atoms with Gasteiger partial charge in [0.1, 0.15) is 6.61 Å². The summed E-state index contributed by atoms with van der Waals surface area (Å²) in [5, 5.41) is 0.729. The third-order valence-corrected chi connectivity index (χ3v) is 5.85. The van der Waals surface area contributed by atoms with E-state index in [4.69, 9.17) is 16.3 Å². The van der Waals surface area contributed by atoms with Gasteiger partial charge in [-0.2, -0.15) is 0 Å². The predicted molar refractivity (Wildman–Crippen MR) is 126 cm³/mol. The van der Waals surface area contributed by atoms with Crippen molar-refractivity contribution in [1.29, 1.82) is 0 Å². The molecule has 0 bridgehead atoms. The number of ether oxygens (including phenoxy) is 1. The summed E-state index contributed by atoms with van der Waals surface area (Å²) in [4.78, 5) is 15.0. The average molecular weight is 439 g/mol. The Hall–Kier alpha value is -2.56. The average Bonchev–Trinajstić information content (AvgIpc) is 3.18. The van der Waals surface area contributed by atoms with Crippen molar-refractivity contribution in [2.24, 2.45) is 5.92 Å². The highest BCUT2D eigenvalue weighted by molar-refractivity contribution is 6.30. The zero-order valence-electron chi connectivity index (χ0n) is 18.5. The molecule has 0 fully saturated rings. The maximum atomic E-state index is 13.1. The Morgan fingerprint density at radius 2 is 1.74 bits per heavy atom. The van der Waals surface area contributed by atoms with Crippen LogP contribution in [0, 0.1) is 5.92 Å². The van der Waals surface area contributed by atoms with Crippen molar-refractivity contribution in [1.82, 2.24) is 9.47 Å². The van der Waals surface area contributed by atoms with E-state index in [1.807, 2.05) is 65.7 Å². The molecule has 1 heterocycles. The van der Waals surface area contributed by atoms with Gasteiger partial charge in [0.15, 0.2) is 0 Å². The van der Waals surface area contributed by atoms with E-state index in [1.165, 1.54) is 0 Å². The SMILES string of the molecule is CC(C)C(C)N(Cc1cccn1Cc1cccc(Cl)c1)C(=O)COCc1ccccc1. The van der Waals surface area contributed by atoms with Crippen molar-refractivity contribution in [2.45, 2.75) is 46.5 Å². The molecule has 1 atom stereocenters. The van der Waals surface area contributed by atoms with Gasteiger partial charge in [-0.25, -0.2) is 0 Å². The first-order valence-electron chi connectivity index (χ1n) is 10.7. The second-order valence-electron chi connectivity index (χ2n) is 8.24. The molecule has 164 valence electrons. The van der Waals surface area contributed by atoms with Crippen LogP contribution in [-0.2, 0) is 29.2 Å². The van der Waals surface area contributed by atoms with Crippen LogP contribution in [0.3, 0.4) is 0 Å². The highest BCUT2D eigenvalue weighted by Gasteiger charge is 2.24. The second kappa shape index (κ2) is 11.2. The van der Waals surface area contributed by atoms with E-state index < -0.39 is 0 Å². The molecule has 3 rings (SSSR count). The van der Waals surface area contributed by atoms with Crippen LogP contribution in [-0.4, -0.2) is 28.0 Å². The van der Waals surface area contributed by atoms with E-state index in [2.05, 4.69) is 37.5 Å². The Bertz CT molecular complexity index is 968. The van der Waals surface area contributed by atoms with E-state index in [-0.39, 0.29) is 18.6 Å². The molecule has 1 amide bonds. The Morgan fingerprint density at radius 3 is 2.45 bits per heavy atom. The first-order chi connectivity index (χ1) is 14.9. The topological polar surface area (TPSA) is 34.5 Å². The fourth-order valence-electron chi connectivity index (χ4n) is 3.49. The van der Waals surface area contributed by atoms with Gasteiger partial charge < -0.3 is 14.2 Å². The van der Waals surface area contributed by atoms with E-state index >= 15 is 0 Å². The van der Waals surface area contributed by atoms with E-state index in [1.54, 1.807) is 0 Å². The Morgan fingerprint density at radius 1 is 1.00 bits per heavy atom. The van der Waals surface area contributed by atoms with Gasteiger partial charge in [-0.05, 0) is 48.2 Å². The summed E-state index contributed by atoms with van der Waals surface area (Å²) in [6, 6.07) is 22.0. The van der Waals surface area contributed by atoms with Crippen molar-refractivity contribution < 1.29 is 9.53 Å². The Labute approximate surface area is 190 Å². The summed E-state index contributed by atoms with van der Waals surface area (Å²) >= 11 is 6.14. The number of benzene rings is 2. The molecule has 0 spiro atoms. The highest BCUT2D eigenvalue weighted by atomic mass is 35.5. The van der Waals surface area contributed by atoms with Crippen LogP contribution in [0.25, 0.3) is 0 Å². The summed E-state index contributed by atoms with van der Waals surface area (Å²) < 4.78 is 7.91. The summed E-state index contributed by atoms with van der Waals surface area (Å²) in [5.74, 6) is 0.349. The molecule has 4 nitrogen and oxygen atoms in total. The lowest BCUT2D eigenvalue weighted by atomic mass is 10.0. The minimum atomic E-state index is 0.00707. The largest absolute Gasteiger partial charge is 0.367 e. The molecule has 0 N–H and O–H groups in total. The normalized spacial score (nSPS) is 12.2. The van der Waals surface area contributed by atoms with Crippen molar-refractivity contribution in [3.8, 4) is 0 Å². The third-order valence-electron chi connectivity index (χ3n) is 5.61. The lowest BCUT2D eigenvalue weighted by Gasteiger charge is -2.32. The van der Waals surface area contributed by atoms with E-state index in [9.17, 15) is 4.79 Å². The fourth-order valence-corrected chi connectivity index (χ4v) is 3.70. The second-order valence-corrected chi connectivity index (χ2v) is 8.68. The molecule has 0 aliphatic heterocycles. The van der Waals surface area contributed by atoms with Crippen molar-refractivity contribution in [3.05, 3.63) is 94.8 Å². The van der Waals surface area contributed by atoms with Crippen molar-refractivity contribution in [3.63, 3.8) is 0 Å². The van der Waals surface area contributed by atoms with E-state index in [0.717, 1.165) is 21.8 Å². The van der Waals surface area contributed by atoms with Crippen LogP contribution in [0.15, 0.2) is 72.9 Å². The molecular formula is C26H31ClN2O2. The zero-order valence-corrected chi connectivity index (χ0v) is 19.3. The van der Waals surface area contributed by atoms with Gasteiger partial charge >= 0.3 is 0 Å². The number of hydrogen-bond acceptors (Lipinski definition) is 2. The van der Waals surface area contributed by atoms with Crippen LogP contribution in [0.4, 0.5) is 0 Å². The first-order valence-corrected chi connectivity index (χ1v) is 11.1. The highest BCUT2D eigenvalue weighted by Crippen LogP contribution is 2.18. The number of hydrogen-bond donors (Lipinski definition) is 0. The molecule has 0 radical (unpaired) electrons. The molecule has 1 unspecified atom stereocenters. The molecule has 0 saturated heterocycles. The van der Waals surface area contributed by atoms with Crippen LogP contribution in [0.1, 0.15) is 37.6 Å². The number of amides is 1. The molecule has 5 heteroatoms.